The number of nitrogens with zero attached hydrogens (tertiary/aromatic N) is 3. The first kappa shape index (κ1) is 18.7. The zero-order valence-corrected chi connectivity index (χ0v) is 15.7. The van der Waals surface area contributed by atoms with Crippen molar-refractivity contribution < 1.29 is 14.0 Å². The molecule has 142 valence electrons. The number of carbonyl (C=O) groups excluding carboxylic acids is 2. The van der Waals surface area contributed by atoms with Gasteiger partial charge in [0.05, 0.1) is 5.69 Å². The van der Waals surface area contributed by atoms with E-state index in [4.69, 9.17) is 0 Å². The standard InChI is InChI=1S/C20H28FN3O2/c1-20(2,18(25)23-10-6-3-7-11-23)19(26)24-14-12-22(13-15-24)17-9-5-4-8-16(17)21/h4-5,8-9H,3,6-7,10-15H2,1-2H3. The second-order valence-electron chi connectivity index (χ2n) is 7.71. The highest BCUT2D eigenvalue weighted by molar-refractivity contribution is 6.04. The molecule has 6 heteroatoms. The largest absolute Gasteiger partial charge is 0.366 e. The number of hydrogen-bond acceptors (Lipinski definition) is 3. The quantitative estimate of drug-likeness (QED) is 0.777. The van der Waals surface area contributed by atoms with Gasteiger partial charge >= 0.3 is 0 Å². The second-order valence-corrected chi connectivity index (χ2v) is 7.71. The zero-order valence-electron chi connectivity index (χ0n) is 15.7. The minimum Gasteiger partial charge on any atom is -0.366 e. The molecule has 0 N–H and O–H groups in total. The normalized spacial score (nSPS) is 18.8. The summed E-state index contributed by atoms with van der Waals surface area (Å²) in [7, 11) is 0. The summed E-state index contributed by atoms with van der Waals surface area (Å²) in [5.41, 5.74) is -0.472. The first-order valence-electron chi connectivity index (χ1n) is 9.49. The number of carbonyl (C=O) groups is 2. The van der Waals surface area contributed by atoms with Gasteiger partial charge in [-0.2, -0.15) is 0 Å². The summed E-state index contributed by atoms with van der Waals surface area (Å²) in [6.07, 6.45) is 3.17. The number of likely N-dealkylation sites (tertiary alicyclic amines) is 1. The highest BCUT2D eigenvalue weighted by Gasteiger charge is 2.42. The van der Waals surface area contributed by atoms with Crippen LogP contribution in [-0.2, 0) is 9.59 Å². The van der Waals surface area contributed by atoms with Gasteiger partial charge in [0.25, 0.3) is 0 Å². The van der Waals surface area contributed by atoms with Crippen LogP contribution in [0.3, 0.4) is 0 Å². The smallest absolute Gasteiger partial charge is 0.237 e. The summed E-state index contributed by atoms with van der Waals surface area (Å²) < 4.78 is 14.0. The van der Waals surface area contributed by atoms with Crippen molar-refractivity contribution in [2.45, 2.75) is 33.1 Å². The Balaban J connectivity index is 1.62. The van der Waals surface area contributed by atoms with E-state index in [2.05, 4.69) is 0 Å². The molecule has 5 nitrogen and oxygen atoms in total. The fraction of sp³-hybridized carbons (Fsp3) is 0.600. The maximum atomic E-state index is 14.0. The molecule has 2 saturated heterocycles. The summed E-state index contributed by atoms with van der Waals surface area (Å²) >= 11 is 0. The van der Waals surface area contributed by atoms with Gasteiger partial charge < -0.3 is 14.7 Å². The Morgan fingerprint density at radius 3 is 1.96 bits per heavy atom. The molecule has 0 saturated carbocycles. The number of piperazine rings is 1. The summed E-state index contributed by atoms with van der Waals surface area (Å²) in [6.45, 7) is 7.10. The molecule has 0 atom stereocenters. The van der Waals surface area contributed by atoms with Gasteiger partial charge in [0.2, 0.25) is 11.8 Å². The van der Waals surface area contributed by atoms with E-state index in [1.54, 1.807) is 30.9 Å². The third kappa shape index (κ3) is 3.69. The molecule has 2 aliphatic heterocycles. The van der Waals surface area contributed by atoms with Gasteiger partial charge in [0, 0.05) is 39.3 Å². The van der Waals surface area contributed by atoms with Crippen molar-refractivity contribution in [1.82, 2.24) is 9.80 Å². The lowest BCUT2D eigenvalue weighted by Gasteiger charge is -2.40. The molecule has 0 bridgehead atoms. The molecule has 26 heavy (non-hydrogen) atoms. The molecule has 0 spiro atoms. The molecule has 2 aliphatic rings. The number of benzene rings is 1. The summed E-state index contributed by atoms with van der Waals surface area (Å²) in [6, 6.07) is 6.70. The second kappa shape index (κ2) is 7.64. The van der Waals surface area contributed by atoms with Crippen molar-refractivity contribution >= 4 is 17.5 Å². The summed E-state index contributed by atoms with van der Waals surface area (Å²) in [4.78, 5) is 31.4. The molecule has 0 aromatic heterocycles. The summed E-state index contributed by atoms with van der Waals surface area (Å²) in [5.74, 6) is -0.437. The molecule has 0 radical (unpaired) electrons. The Bertz CT molecular complexity index is 663. The summed E-state index contributed by atoms with van der Waals surface area (Å²) in [5, 5.41) is 0. The van der Waals surface area contributed by atoms with Crippen LogP contribution in [0, 0.1) is 11.2 Å². The average molecular weight is 361 g/mol. The third-order valence-electron chi connectivity index (χ3n) is 5.47. The Hall–Kier alpha value is -2.11. The number of amides is 2. The van der Waals surface area contributed by atoms with Crippen molar-refractivity contribution in [3.05, 3.63) is 30.1 Å². The fourth-order valence-corrected chi connectivity index (χ4v) is 3.84. The minimum absolute atomic E-state index is 0.0706. The number of para-hydroxylation sites is 1. The van der Waals surface area contributed by atoms with Gasteiger partial charge in [-0.25, -0.2) is 4.39 Å². The van der Waals surface area contributed by atoms with Crippen molar-refractivity contribution in [3.8, 4) is 0 Å². The van der Waals surface area contributed by atoms with Crippen LogP contribution in [0.1, 0.15) is 33.1 Å². The predicted octanol–water partition coefficient (Wildman–Crippen LogP) is 2.51. The van der Waals surface area contributed by atoms with E-state index >= 15 is 0 Å². The van der Waals surface area contributed by atoms with Gasteiger partial charge in [-0.1, -0.05) is 12.1 Å². The first-order chi connectivity index (χ1) is 12.4. The Labute approximate surface area is 154 Å². The first-order valence-corrected chi connectivity index (χ1v) is 9.49. The molecular weight excluding hydrogens is 333 g/mol. The Morgan fingerprint density at radius 2 is 1.38 bits per heavy atom. The van der Waals surface area contributed by atoms with Crippen molar-refractivity contribution in [2.24, 2.45) is 5.41 Å². The maximum absolute atomic E-state index is 14.0. The van der Waals surface area contributed by atoms with Gasteiger partial charge in [0.1, 0.15) is 11.2 Å². The highest BCUT2D eigenvalue weighted by Crippen LogP contribution is 2.26. The average Bonchev–Trinajstić information content (AvgIpc) is 2.68. The van der Waals surface area contributed by atoms with Crippen LogP contribution in [0.2, 0.25) is 0 Å². The van der Waals surface area contributed by atoms with E-state index in [9.17, 15) is 14.0 Å². The number of halogens is 1. The molecule has 0 unspecified atom stereocenters. The molecule has 1 aromatic rings. The van der Waals surface area contributed by atoms with E-state index in [-0.39, 0.29) is 17.6 Å². The van der Waals surface area contributed by atoms with E-state index < -0.39 is 5.41 Å². The monoisotopic (exact) mass is 361 g/mol. The number of rotatable bonds is 3. The fourth-order valence-electron chi connectivity index (χ4n) is 3.84. The maximum Gasteiger partial charge on any atom is 0.237 e. The lowest BCUT2D eigenvalue weighted by Crippen LogP contribution is -2.56. The number of anilines is 1. The van der Waals surface area contributed by atoms with E-state index in [1.165, 1.54) is 6.07 Å². The van der Waals surface area contributed by atoms with E-state index in [1.807, 2.05) is 15.9 Å². The lowest BCUT2D eigenvalue weighted by atomic mass is 9.88. The highest BCUT2D eigenvalue weighted by atomic mass is 19.1. The van der Waals surface area contributed by atoms with Crippen LogP contribution in [0.5, 0.6) is 0 Å². The SMILES string of the molecule is CC(C)(C(=O)N1CCCCC1)C(=O)N1CCN(c2ccccc2F)CC1. The van der Waals surface area contributed by atoms with Gasteiger partial charge in [-0.05, 0) is 45.2 Å². The van der Waals surface area contributed by atoms with E-state index in [0.717, 1.165) is 32.4 Å². The Morgan fingerprint density at radius 1 is 0.846 bits per heavy atom. The molecule has 2 heterocycles. The molecule has 0 aliphatic carbocycles. The molecule has 3 rings (SSSR count). The van der Waals surface area contributed by atoms with Gasteiger partial charge in [-0.3, -0.25) is 9.59 Å². The molecule has 2 amide bonds. The minimum atomic E-state index is -1.04. The van der Waals surface area contributed by atoms with Crippen LogP contribution in [0.25, 0.3) is 0 Å². The van der Waals surface area contributed by atoms with Gasteiger partial charge in [-0.15, -0.1) is 0 Å². The third-order valence-corrected chi connectivity index (χ3v) is 5.47. The predicted molar refractivity (Wildman–Crippen MR) is 99.4 cm³/mol. The molecule has 2 fully saturated rings. The van der Waals surface area contributed by atoms with Crippen LogP contribution >= 0.6 is 0 Å². The zero-order chi connectivity index (χ0) is 18.7. The van der Waals surface area contributed by atoms with Crippen molar-refractivity contribution in [3.63, 3.8) is 0 Å². The number of hydrogen-bond donors (Lipinski definition) is 0. The van der Waals surface area contributed by atoms with Gasteiger partial charge in [0.15, 0.2) is 0 Å². The van der Waals surface area contributed by atoms with Crippen LogP contribution in [0.4, 0.5) is 10.1 Å². The van der Waals surface area contributed by atoms with Crippen LogP contribution < -0.4 is 4.90 Å². The topological polar surface area (TPSA) is 43.9 Å². The lowest BCUT2D eigenvalue weighted by molar-refractivity contribution is -0.154. The number of piperidine rings is 1. The van der Waals surface area contributed by atoms with E-state index in [0.29, 0.717) is 31.9 Å². The molecule has 1 aromatic carbocycles. The van der Waals surface area contributed by atoms with Crippen molar-refractivity contribution in [1.29, 1.82) is 0 Å². The van der Waals surface area contributed by atoms with Crippen LogP contribution in [-0.4, -0.2) is 60.9 Å². The van der Waals surface area contributed by atoms with Crippen LogP contribution in [0.15, 0.2) is 24.3 Å². The Kier molecular flexibility index (Phi) is 5.49. The molecular formula is C20H28FN3O2. The van der Waals surface area contributed by atoms with Crippen molar-refractivity contribution in [2.75, 3.05) is 44.2 Å².